The smallest absolute Gasteiger partial charge is 0.0188 e. The van der Waals surface area contributed by atoms with Crippen LogP contribution in [0.3, 0.4) is 0 Å². The molecule has 3 rings (SSSR count). The minimum Gasteiger partial charge on any atom is -0.0627 e. The van der Waals surface area contributed by atoms with Crippen molar-refractivity contribution in [2.24, 2.45) is 5.92 Å². The lowest BCUT2D eigenvalue weighted by Crippen LogP contribution is -1.93. The zero-order chi connectivity index (χ0) is 11.7. The first-order chi connectivity index (χ1) is 8.36. The van der Waals surface area contributed by atoms with Gasteiger partial charge < -0.3 is 0 Å². The van der Waals surface area contributed by atoms with Gasteiger partial charge in [0.25, 0.3) is 0 Å². The van der Waals surface area contributed by atoms with E-state index < -0.39 is 0 Å². The molecule has 2 aliphatic carbocycles. The van der Waals surface area contributed by atoms with Crippen molar-refractivity contribution < 1.29 is 0 Å². The summed E-state index contributed by atoms with van der Waals surface area (Å²) in [6.07, 6.45) is 9.53. The molecule has 1 aromatic carbocycles. The van der Waals surface area contributed by atoms with Gasteiger partial charge in [0.2, 0.25) is 0 Å². The average Bonchev–Trinajstić information content (AvgIpc) is 3.04. The fraction of sp³-hybridized carbons (Fsp3) is 0.529. The van der Waals surface area contributed by atoms with Crippen LogP contribution in [0.15, 0.2) is 29.8 Å². The van der Waals surface area contributed by atoms with Crippen molar-refractivity contribution in [3.8, 4) is 0 Å². The van der Waals surface area contributed by atoms with Crippen LogP contribution in [0.5, 0.6) is 0 Å². The molecule has 0 saturated heterocycles. The maximum absolute atomic E-state index is 2.37. The highest BCUT2D eigenvalue weighted by molar-refractivity contribution is 5.74. The lowest BCUT2D eigenvalue weighted by Gasteiger charge is -2.11. The Balaban J connectivity index is 2.03. The fourth-order valence-electron chi connectivity index (χ4n) is 3.16. The normalized spacial score (nSPS) is 28.9. The van der Waals surface area contributed by atoms with Crippen LogP contribution in [0.25, 0.3) is 5.57 Å². The number of allylic oxidation sites excluding steroid dienone is 2. The van der Waals surface area contributed by atoms with Crippen LogP contribution in [0.4, 0.5) is 0 Å². The molecule has 17 heavy (non-hydrogen) atoms. The van der Waals surface area contributed by atoms with Crippen LogP contribution < -0.4 is 0 Å². The molecule has 90 valence electrons. The second-order valence-corrected chi connectivity index (χ2v) is 5.68. The summed E-state index contributed by atoms with van der Waals surface area (Å²) < 4.78 is 0. The zero-order valence-electron chi connectivity index (χ0n) is 10.8. The highest BCUT2D eigenvalue weighted by Crippen LogP contribution is 2.45. The first-order valence-electron chi connectivity index (χ1n) is 7.16. The first kappa shape index (κ1) is 11.1. The van der Waals surface area contributed by atoms with Crippen LogP contribution in [0.1, 0.15) is 56.6 Å². The van der Waals surface area contributed by atoms with E-state index in [1.807, 2.05) is 0 Å². The molecule has 0 spiro atoms. The molecular weight excluding hydrogens is 204 g/mol. The van der Waals surface area contributed by atoms with E-state index in [9.17, 15) is 0 Å². The molecule has 0 heteroatoms. The topological polar surface area (TPSA) is 0 Å². The molecule has 0 amide bonds. The van der Waals surface area contributed by atoms with Gasteiger partial charge in [-0.05, 0) is 54.7 Å². The molecule has 0 radical (unpaired) electrons. The van der Waals surface area contributed by atoms with Crippen molar-refractivity contribution in [2.75, 3.05) is 0 Å². The summed E-state index contributed by atoms with van der Waals surface area (Å²) in [4.78, 5) is 0. The molecule has 0 bridgehead atoms. The fourth-order valence-corrected chi connectivity index (χ4v) is 3.16. The summed E-state index contributed by atoms with van der Waals surface area (Å²) in [5.41, 5.74) is 6.62. The number of hydrogen-bond donors (Lipinski definition) is 0. The molecule has 0 nitrogen and oxygen atoms in total. The molecule has 1 saturated carbocycles. The molecule has 2 aliphatic rings. The van der Waals surface area contributed by atoms with Crippen LogP contribution in [0, 0.1) is 5.92 Å². The number of benzene rings is 1. The van der Waals surface area contributed by atoms with E-state index >= 15 is 0 Å². The average molecular weight is 226 g/mol. The molecule has 0 N–H and O–H groups in total. The van der Waals surface area contributed by atoms with E-state index in [0.29, 0.717) is 0 Å². The second kappa shape index (κ2) is 4.68. The van der Waals surface area contributed by atoms with Gasteiger partial charge in [0.1, 0.15) is 0 Å². The highest BCUT2D eigenvalue weighted by atomic mass is 14.3. The first-order valence-corrected chi connectivity index (χ1v) is 7.16. The van der Waals surface area contributed by atoms with Crippen molar-refractivity contribution in [3.63, 3.8) is 0 Å². The maximum Gasteiger partial charge on any atom is -0.0188 e. The molecule has 0 heterocycles. The van der Waals surface area contributed by atoms with Gasteiger partial charge in [0.15, 0.2) is 0 Å². The Labute approximate surface area is 105 Å². The minimum atomic E-state index is 0.860. The summed E-state index contributed by atoms with van der Waals surface area (Å²) in [6.45, 7) is 2.37. The quantitative estimate of drug-likeness (QED) is 0.585. The predicted octanol–water partition coefficient (Wildman–Crippen LogP) is 4.99. The van der Waals surface area contributed by atoms with Crippen LogP contribution >= 0.6 is 0 Å². The molecule has 1 atom stereocenters. The Hall–Kier alpha value is -1.04. The van der Waals surface area contributed by atoms with E-state index in [2.05, 4.69) is 31.2 Å². The number of hydrogen-bond acceptors (Lipinski definition) is 0. The van der Waals surface area contributed by atoms with Gasteiger partial charge in [0, 0.05) is 0 Å². The molecule has 0 aliphatic heterocycles. The number of fused-ring (bicyclic) bond motifs is 1. The monoisotopic (exact) mass is 226 g/mol. The van der Waals surface area contributed by atoms with Gasteiger partial charge in [-0.3, -0.25) is 0 Å². The van der Waals surface area contributed by atoms with E-state index in [4.69, 9.17) is 0 Å². The number of rotatable bonds is 0. The summed E-state index contributed by atoms with van der Waals surface area (Å²) in [5, 5.41) is 0. The molecule has 1 unspecified atom stereocenters. The largest absolute Gasteiger partial charge is 0.0627 e. The van der Waals surface area contributed by atoms with Crippen molar-refractivity contribution >= 4 is 5.57 Å². The molecule has 0 aromatic heterocycles. The lowest BCUT2D eigenvalue weighted by molar-refractivity contribution is 0.656. The van der Waals surface area contributed by atoms with Crippen molar-refractivity contribution in [1.82, 2.24) is 0 Å². The van der Waals surface area contributed by atoms with Crippen LogP contribution in [0.2, 0.25) is 0 Å². The maximum atomic E-state index is 2.37. The van der Waals surface area contributed by atoms with Gasteiger partial charge >= 0.3 is 0 Å². The second-order valence-electron chi connectivity index (χ2n) is 5.68. The lowest BCUT2D eigenvalue weighted by atomic mass is 9.94. The van der Waals surface area contributed by atoms with Gasteiger partial charge in [-0.25, -0.2) is 0 Å². The summed E-state index contributed by atoms with van der Waals surface area (Å²) in [7, 11) is 0. The van der Waals surface area contributed by atoms with Crippen LogP contribution in [-0.2, 0) is 6.42 Å². The van der Waals surface area contributed by atoms with E-state index in [1.165, 1.54) is 44.9 Å². The summed E-state index contributed by atoms with van der Waals surface area (Å²) in [5.74, 6) is 0.860. The minimum absolute atomic E-state index is 0.860. The Morgan fingerprint density at radius 2 is 1.65 bits per heavy atom. The number of aryl methyl sites for hydroxylation is 1. The van der Waals surface area contributed by atoms with E-state index in [-0.39, 0.29) is 0 Å². The Morgan fingerprint density at radius 3 is 2.41 bits per heavy atom. The standard InChI is InChI=1S/C17H22/c1-13-12-17(13)16-11-5-3-2-4-8-14-9-6-7-10-15(14)16/h6-7,9-10,13H,2-5,8,11-12H2,1H3. The Kier molecular flexibility index (Phi) is 3.05. The third-order valence-electron chi connectivity index (χ3n) is 4.31. The SMILES string of the molecule is CC1CC1=C1CCCCCCc2ccccc21. The molecule has 1 fully saturated rings. The van der Waals surface area contributed by atoms with Crippen molar-refractivity contribution in [2.45, 2.75) is 51.9 Å². The van der Waals surface area contributed by atoms with E-state index in [0.717, 1.165) is 5.92 Å². The predicted molar refractivity (Wildman–Crippen MR) is 73.9 cm³/mol. The molecular formula is C17H22. The Morgan fingerprint density at radius 1 is 0.941 bits per heavy atom. The molecule has 1 aromatic rings. The summed E-state index contributed by atoms with van der Waals surface area (Å²) in [6, 6.07) is 9.11. The Bertz CT molecular complexity index is 439. The van der Waals surface area contributed by atoms with Crippen molar-refractivity contribution in [3.05, 3.63) is 41.0 Å². The van der Waals surface area contributed by atoms with E-state index in [1.54, 1.807) is 22.3 Å². The summed E-state index contributed by atoms with van der Waals surface area (Å²) >= 11 is 0. The third kappa shape index (κ3) is 2.31. The van der Waals surface area contributed by atoms with Crippen molar-refractivity contribution in [1.29, 1.82) is 0 Å². The highest BCUT2D eigenvalue weighted by Gasteiger charge is 2.29. The van der Waals surface area contributed by atoms with Gasteiger partial charge in [0.05, 0.1) is 0 Å². The van der Waals surface area contributed by atoms with Crippen LogP contribution in [-0.4, -0.2) is 0 Å². The van der Waals surface area contributed by atoms with Gasteiger partial charge in [-0.15, -0.1) is 0 Å². The van der Waals surface area contributed by atoms with Gasteiger partial charge in [-0.1, -0.05) is 49.6 Å². The van der Waals surface area contributed by atoms with Gasteiger partial charge in [-0.2, -0.15) is 0 Å². The zero-order valence-corrected chi connectivity index (χ0v) is 10.8. The third-order valence-corrected chi connectivity index (χ3v) is 4.31.